The van der Waals surface area contributed by atoms with Crippen LogP contribution in [-0.2, 0) is 4.79 Å². The Morgan fingerprint density at radius 3 is 2.71 bits per heavy atom. The van der Waals surface area contributed by atoms with Gasteiger partial charge in [-0.2, -0.15) is 0 Å². The van der Waals surface area contributed by atoms with Crippen molar-refractivity contribution in [1.29, 1.82) is 0 Å². The minimum Gasteiger partial charge on any atom is -0.337 e. The van der Waals surface area contributed by atoms with Crippen LogP contribution in [-0.4, -0.2) is 46.3 Å². The molecule has 4 rings (SSSR count). The molecule has 2 saturated heterocycles. The van der Waals surface area contributed by atoms with E-state index in [0.717, 1.165) is 11.4 Å². The molecule has 2 aliphatic rings. The van der Waals surface area contributed by atoms with Gasteiger partial charge in [-0.3, -0.25) is 19.6 Å². The van der Waals surface area contributed by atoms with E-state index in [1.165, 1.54) is 0 Å². The summed E-state index contributed by atoms with van der Waals surface area (Å²) < 4.78 is 0. The van der Waals surface area contributed by atoms with Crippen LogP contribution in [0.4, 0.5) is 5.69 Å². The molecule has 24 heavy (non-hydrogen) atoms. The second-order valence-corrected chi connectivity index (χ2v) is 6.43. The van der Waals surface area contributed by atoms with E-state index in [1.807, 2.05) is 25.1 Å². The van der Waals surface area contributed by atoms with Gasteiger partial charge in [0.25, 0.3) is 5.91 Å². The number of anilines is 1. The summed E-state index contributed by atoms with van der Waals surface area (Å²) in [5.41, 5.74) is 2.29. The monoisotopic (exact) mass is 322 g/mol. The number of aryl methyl sites for hydroxylation is 1. The van der Waals surface area contributed by atoms with Crippen LogP contribution in [0.25, 0.3) is 0 Å². The highest BCUT2D eigenvalue weighted by atomic mass is 16.2. The van der Waals surface area contributed by atoms with Crippen LogP contribution in [0.5, 0.6) is 0 Å². The summed E-state index contributed by atoms with van der Waals surface area (Å²) in [5, 5.41) is 0. The Bertz CT molecular complexity index is 775. The van der Waals surface area contributed by atoms with Crippen molar-refractivity contribution in [2.24, 2.45) is 11.8 Å². The number of hydrogen-bond donors (Lipinski definition) is 0. The lowest BCUT2D eigenvalue weighted by Gasteiger charge is -2.21. The number of carbonyl (C=O) groups is 2. The molecule has 0 aliphatic carbocycles. The number of nitrogens with zero attached hydrogens (tertiary/aromatic N) is 4. The van der Waals surface area contributed by atoms with Crippen molar-refractivity contribution in [1.82, 2.24) is 14.9 Å². The third-order valence-corrected chi connectivity index (χ3v) is 4.84. The van der Waals surface area contributed by atoms with Crippen molar-refractivity contribution in [2.75, 3.05) is 24.5 Å². The summed E-state index contributed by atoms with van der Waals surface area (Å²) in [7, 11) is 0. The number of hydrogen-bond acceptors (Lipinski definition) is 4. The Morgan fingerprint density at radius 1 is 1.17 bits per heavy atom. The summed E-state index contributed by atoms with van der Waals surface area (Å²) >= 11 is 0. The average molecular weight is 322 g/mol. The lowest BCUT2D eigenvalue weighted by atomic mass is 10.0. The fraction of sp³-hybridized carbons (Fsp3) is 0.333. The van der Waals surface area contributed by atoms with Crippen molar-refractivity contribution < 1.29 is 9.59 Å². The largest absolute Gasteiger partial charge is 0.337 e. The standard InChI is InChI=1S/C18H18N4O2/c1-12-4-5-13(7-20-12)17(23)21-9-14-10-22(18(24)16(14)11-21)15-3-2-6-19-8-15/h2-8,14,16H,9-11H2,1H3/t14-,16-/m0/s1. The minimum absolute atomic E-state index is 0.0439. The van der Waals surface area contributed by atoms with E-state index in [2.05, 4.69) is 9.97 Å². The van der Waals surface area contributed by atoms with E-state index in [4.69, 9.17) is 0 Å². The summed E-state index contributed by atoms with van der Waals surface area (Å²) in [6.45, 7) is 3.62. The van der Waals surface area contributed by atoms with Crippen molar-refractivity contribution >= 4 is 17.5 Å². The first kappa shape index (κ1) is 14.8. The van der Waals surface area contributed by atoms with Crippen LogP contribution >= 0.6 is 0 Å². The zero-order valence-corrected chi connectivity index (χ0v) is 13.4. The predicted molar refractivity (Wildman–Crippen MR) is 88.4 cm³/mol. The number of aromatic nitrogens is 2. The van der Waals surface area contributed by atoms with Gasteiger partial charge in [0.15, 0.2) is 0 Å². The van der Waals surface area contributed by atoms with Crippen molar-refractivity contribution in [3.63, 3.8) is 0 Å². The molecule has 4 heterocycles. The van der Waals surface area contributed by atoms with Gasteiger partial charge in [-0.25, -0.2) is 0 Å². The lowest BCUT2D eigenvalue weighted by Crippen LogP contribution is -2.35. The Kier molecular flexibility index (Phi) is 3.52. The molecule has 0 unspecified atom stereocenters. The summed E-state index contributed by atoms with van der Waals surface area (Å²) in [4.78, 5) is 37.1. The third-order valence-electron chi connectivity index (χ3n) is 4.84. The molecule has 6 nitrogen and oxygen atoms in total. The second-order valence-electron chi connectivity index (χ2n) is 6.43. The number of fused-ring (bicyclic) bond motifs is 1. The van der Waals surface area contributed by atoms with Crippen LogP contribution in [0.2, 0.25) is 0 Å². The van der Waals surface area contributed by atoms with Gasteiger partial charge in [0.1, 0.15) is 0 Å². The highest BCUT2D eigenvalue weighted by Gasteiger charge is 2.47. The van der Waals surface area contributed by atoms with E-state index in [0.29, 0.717) is 25.2 Å². The van der Waals surface area contributed by atoms with Crippen LogP contribution in [0.15, 0.2) is 42.9 Å². The van der Waals surface area contributed by atoms with Crippen LogP contribution in [0.1, 0.15) is 16.1 Å². The molecule has 2 aromatic heterocycles. The third kappa shape index (κ3) is 2.44. The van der Waals surface area contributed by atoms with Gasteiger partial charge in [0.05, 0.1) is 23.4 Å². The lowest BCUT2D eigenvalue weighted by molar-refractivity contribution is -0.120. The number of carbonyl (C=O) groups excluding carboxylic acids is 2. The van der Waals surface area contributed by atoms with Gasteiger partial charge in [0.2, 0.25) is 5.91 Å². The van der Waals surface area contributed by atoms with Gasteiger partial charge in [-0.1, -0.05) is 0 Å². The van der Waals surface area contributed by atoms with E-state index in [-0.39, 0.29) is 23.7 Å². The maximum absolute atomic E-state index is 12.7. The Hall–Kier alpha value is -2.76. The quantitative estimate of drug-likeness (QED) is 0.841. The molecule has 2 atom stereocenters. The first-order chi connectivity index (χ1) is 11.6. The molecule has 2 fully saturated rings. The fourth-order valence-corrected chi connectivity index (χ4v) is 3.55. The minimum atomic E-state index is -0.118. The van der Waals surface area contributed by atoms with Crippen molar-refractivity contribution in [3.8, 4) is 0 Å². The maximum atomic E-state index is 12.7. The van der Waals surface area contributed by atoms with E-state index < -0.39 is 0 Å². The number of likely N-dealkylation sites (tertiary alicyclic amines) is 1. The van der Waals surface area contributed by atoms with Gasteiger partial charge in [-0.05, 0) is 31.2 Å². The Morgan fingerprint density at radius 2 is 2.04 bits per heavy atom. The van der Waals surface area contributed by atoms with Crippen molar-refractivity contribution in [3.05, 3.63) is 54.1 Å². The average Bonchev–Trinajstić information content (AvgIpc) is 3.15. The predicted octanol–water partition coefficient (Wildman–Crippen LogP) is 1.52. The maximum Gasteiger partial charge on any atom is 0.255 e. The number of rotatable bonds is 2. The zero-order valence-electron chi connectivity index (χ0n) is 13.4. The molecule has 2 aliphatic heterocycles. The molecule has 2 amide bonds. The van der Waals surface area contributed by atoms with Gasteiger partial charge in [0, 0.05) is 43.6 Å². The summed E-state index contributed by atoms with van der Waals surface area (Å²) in [6, 6.07) is 7.35. The topological polar surface area (TPSA) is 66.4 Å². The normalized spacial score (nSPS) is 22.8. The van der Waals surface area contributed by atoms with Crippen LogP contribution in [0.3, 0.4) is 0 Å². The van der Waals surface area contributed by atoms with E-state index in [1.54, 1.807) is 34.5 Å². The number of pyridine rings is 2. The van der Waals surface area contributed by atoms with E-state index >= 15 is 0 Å². The molecular formula is C18H18N4O2. The van der Waals surface area contributed by atoms with Gasteiger partial charge < -0.3 is 9.80 Å². The first-order valence-corrected chi connectivity index (χ1v) is 8.07. The smallest absolute Gasteiger partial charge is 0.255 e. The van der Waals surface area contributed by atoms with Crippen molar-refractivity contribution in [2.45, 2.75) is 6.92 Å². The Labute approximate surface area is 140 Å². The molecule has 0 aromatic carbocycles. The fourth-order valence-electron chi connectivity index (χ4n) is 3.55. The molecule has 0 N–H and O–H groups in total. The summed E-state index contributed by atoms with van der Waals surface area (Å²) in [6.07, 6.45) is 5.01. The molecule has 0 radical (unpaired) electrons. The van der Waals surface area contributed by atoms with E-state index in [9.17, 15) is 9.59 Å². The SMILES string of the molecule is Cc1ccc(C(=O)N2C[C@H]3CN(c4cccnc4)C(=O)[C@H]3C2)cn1. The first-order valence-electron chi connectivity index (χ1n) is 8.07. The molecular weight excluding hydrogens is 304 g/mol. The molecule has 2 aromatic rings. The molecule has 0 spiro atoms. The zero-order chi connectivity index (χ0) is 16.7. The Balaban J connectivity index is 1.48. The summed E-state index contributed by atoms with van der Waals surface area (Å²) in [5.74, 6) is 0.107. The highest BCUT2D eigenvalue weighted by molar-refractivity contribution is 6.00. The van der Waals surface area contributed by atoms with Gasteiger partial charge in [-0.15, -0.1) is 0 Å². The number of amides is 2. The molecule has 0 bridgehead atoms. The second kappa shape index (κ2) is 5.70. The highest BCUT2D eigenvalue weighted by Crippen LogP contribution is 2.35. The van der Waals surface area contributed by atoms with Gasteiger partial charge >= 0.3 is 0 Å². The molecule has 122 valence electrons. The molecule has 0 saturated carbocycles. The molecule has 6 heteroatoms. The van der Waals surface area contributed by atoms with Crippen LogP contribution < -0.4 is 4.90 Å². The van der Waals surface area contributed by atoms with Crippen LogP contribution in [0, 0.1) is 18.8 Å².